The van der Waals surface area contributed by atoms with Gasteiger partial charge in [-0.1, -0.05) is 4.57 Å². The minimum Gasteiger partial charge on any atom is -0.0714 e. The molecule has 0 aromatic rings. The van der Waals surface area contributed by atoms with Gasteiger partial charge in [0.25, 0.3) is 0 Å². The summed E-state index contributed by atoms with van der Waals surface area (Å²) >= 11 is 0. The average Bonchev–Trinajstić information content (AvgIpc) is 1.35. The smallest absolute Gasteiger partial charge is 0.0714 e. The minimum atomic E-state index is -0.274. The van der Waals surface area contributed by atoms with Gasteiger partial charge < -0.3 is 0 Å². The Bertz CT molecular complexity index is 71.6. The molecule has 0 N–H and O–H groups in total. The van der Waals surface area contributed by atoms with Crippen LogP contribution < -0.4 is 0 Å². The quantitative estimate of drug-likeness (QED) is 0.463. The number of allylic oxidation sites excluding steroid dienone is 1. The average molecular weight is 103 g/mol. The van der Waals surface area contributed by atoms with E-state index in [9.17, 15) is 4.57 Å². The number of hydrogen-bond donors (Lipinski definition) is 0. The van der Waals surface area contributed by atoms with Crippen molar-refractivity contribution in [3.05, 3.63) is 11.4 Å². The summed E-state index contributed by atoms with van der Waals surface area (Å²) in [5.74, 6) is 1.68. The summed E-state index contributed by atoms with van der Waals surface area (Å²) in [6.07, 6.45) is 0. The molecule has 0 aliphatic heterocycles. The summed E-state index contributed by atoms with van der Waals surface area (Å²) in [4.78, 5) is 0. The first-order valence-corrected chi connectivity index (χ1v) is 2.77. The lowest BCUT2D eigenvalue weighted by Crippen LogP contribution is -1.50. The van der Waals surface area contributed by atoms with Gasteiger partial charge in [0, 0.05) is 0 Å². The zero-order valence-corrected chi connectivity index (χ0v) is 4.99. The second-order valence-electron chi connectivity index (χ2n) is 1.34. The molecule has 0 saturated carbocycles. The summed E-state index contributed by atoms with van der Waals surface area (Å²) in [5.41, 5.74) is 1.11. The lowest BCUT2D eigenvalue weighted by Gasteiger charge is -1.67. The van der Waals surface area contributed by atoms with Crippen molar-refractivity contribution in [3.8, 4) is 0 Å². The Hall–Kier alpha value is -0.160. The van der Waals surface area contributed by atoms with Gasteiger partial charge in [-0.2, -0.15) is 0 Å². The lowest BCUT2D eigenvalue weighted by atomic mass is 10.4. The Balaban J connectivity index is 3.41. The maximum absolute atomic E-state index is 9.69. The van der Waals surface area contributed by atoms with E-state index < -0.39 is 0 Å². The number of hydrogen-bond acceptors (Lipinski definition) is 1. The van der Waals surface area contributed by atoms with Crippen molar-refractivity contribution >= 4 is 8.46 Å². The van der Waals surface area contributed by atoms with E-state index in [4.69, 9.17) is 0 Å². The van der Waals surface area contributed by atoms with Gasteiger partial charge in [0.2, 0.25) is 0 Å². The van der Waals surface area contributed by atoms with E-state index in [1.807, 2.05) is 13.8 Å². The van der Waals surface area contributed by atoms with E-state index in [2.05, 4.69) is 0 Å². The van der Waals surface area contributed by atoms with Crippen LogP contribution in [0.25, 0.3) is 0 Å². The predicted molar refractivity (Wildman–Crippen MR) is 28.4 cm³/mol. The van der Waals surface area contributed by atoms with Crippen LogP contribution in [0.5, 0.6) is 0 Å². The summed E-state index contributed by atoms with van der Waals surface area (Å²) in [6.45, 7) is 3.84. The maximum atomic E-state index is 9.69. The van der Waals surface area contributed by atoms with E-state index in [0.29, 0.717) is 0 Å². The summed E-state index contributed by atoms with van der Waals surface area (Å²) in [6, 6.07) is 0. The maximum Gasteiger partial charge on any atom is 0.355 e. The van der Waals surface area contributed by atoms with Gasteiger partial charge in [0.05, 0.1) is 0 Å². The van der Waals surface area contributed by atoms with Crippen LogP contribution in [0, 0.1) is 0 Å². The molecule has 0 heterocycles. The molecule has 0 aliphatic carbocycles. The molecular formula is C4H8OP+. The predicted octanol–water partition coefficient (Wildman–Crippen LogP) is 1.93. The van der Waals surface area contributed by atoms with Crippen LogP contribution in [-0.4, -0.2) is 0 Å². The first-order valence-electron chi connectivity index (χ1n) is 1.78. The second kappa shape index (κ2) is 3.05. The zero-order valence-electron chi connectivity index (χ0n) is 3.99. The SMILES string of the molecule is CC(C)=C[PH+]=O. The molecule has 0 amide bonds. The van der Waals surface area contributed by atoms with Crippen LogP contribution in [0.3, 0.4) is 0 Å². The topological polar surface area (TPSA) is 17.1 Å². The Morgan fingerprint density at radius 2 is 2.17 bits per heavy atom. The molecule has 1 nitrogen and oxygen atoms in total. The minimum absolute atomic E-state index is 0.274. The normalized spacial score (nSPS) is 8.33. The van der Waals surface area contributed by atoms with E-state index in [0.717, 1.165) is 5.57 Å². The van der Waals surface area contributed by atoms with Crippen LogP contribution in [-0.2, 0) is 4.57 Å². The lowest BCUT2D eigenvalue weighted by molar-refractivity contribution is 0.602. The standard InChI is InChI=1S/C4H7OP/c1-4(2)3-6-5/h3H,1-2H3/p+1. The van der Waals surface area contributed by atoms with Gasteiger partial charge in [0.15, 0.2) is 5.82 Å². The third-order valence-corrected chi connectivity index (χ3v) is 1.04. The van der Waals surface area contributed by atoms with Crippen molar-refractivity contribution in [2.24, 2.45) is 0 Å². The molecule has 0 aromatic heterocycles. The van der Waals surface area contributed by atoms with Crippen LogP contribution >= 0.6 is 8.46 Å². The highest BCUT2D eigenvalue weighted by molar-refractivity contribution is 7.27. The van der Waals surface area contributed by atoms with Crippen molar-refractivity contribution in [3.63, 3.8) is 0 Å². The Kier molecular flexibility index (Phi) is 2.97. The molecule has 0 bridgehead atoms. The first-order chi connectivity index (χ1) is 2.77. The molecule has 0 rings (SSSR count). The molecular weight excluding hydrogens is 95.0 g/mol. The third kappa shape index (κ3) is 3.84. The van der Waals surface area contributed by atoms with Crippen LogP contribution in [0.15, 0.2) is 11.4 Å². The molecule has 0 aromatic carbocycles. The van der Waals surface area contributed by atoms with Crippen molar-refractivity contribution in [1.82, 2.24) is 0 Å². The van der Waals surface area contributed by atoms with Gasteiger partial charge >= 0.3 is 8.46 Å². The largest absolute Gasteiger partial charge is 0.355 e. The summed E-state index contributed by atoms with van der Waals surface area (Å²) < 4.78 is 9.69. The second-order valence-corrected chi connectivity index (χ2v) is 1.86. The molecule has 34 valence electrons. The fourth-order valence-corrected chi connectivity index (χ4v) is 0.354. The monoisotopic (exact) mass is 103 g/mol. The van der Waals surface area contributed by atoms with Gasteiger partial charge in [-0.3, -0.25) is 0 Å². The highest BCUT2D eigenvalue weighted by Crippen LogP contribution is 1.98. The molecule has 0 radical (unpaired) electrons. The zero-order chi connectivity index (χ0) is 4.99. The molecule has 0 saturated heterocycles. The van der Waals surface area contributed by atoms with Crippen LogP contribution in [0.1, 0.15) is 13.8 Å². The van der Waals surface area contributed by atoms with Crippen LogP contribution in [0.4, 0.5) is 0 Å². The fraction of sp³-hybridized carbons (Fsp3) is 0.500. The first kappa shape index (κ1) is 5.84. The summed E-state index contributed by atoms with van der Waals surface area (Å²) in [5, 5.41) is 0. The van der Waals surface area contributed by atoms with Gasteiger partial charge in [-0.25, -0.2) is 0 Å². The molecule has 1 atom stereocenters. The van der Waals surface area contributed by atoms with E-state index in [1.165, 1.54) is 0 Å². The number of rotatable bonds is 1. The summed E-state index contributed by atoms with van der Waals surface area (Å²) in [7, 11) is -0.274. The fourth-order valence-electron chi connectivity index (χ4n) is 0.118. The van der Waals surface area contributed by atoms with Crippen molar-refractivity contribution in [1.29, 1.82) is 0 Å². The highest BCUT2D eigenvalue weighted by atomic mass is 31.1. The third-order valence-electron chi connectivity index (χ3n) is 0.348. The van der Waals surface area contributed by atoms with Crippen molar-refractivity contribution < 1.29 is 4.57 Å². The van der Waals surface area contributed by atoms with Crippen LogP contribution in [0.2, 0.25) is 0 Å². The van der Waals surface area contributed by atoms with E-state index >= 15 is 0 Å². The van der Waals surface area contributed by atoms with E-state index in [1.54, 1.807) is 5.82 Å². The van der Waals surface area contributed by atoms with Gasteiger partial charge in [-0.15, -0.1) is 0 Å². The Morgan fingerprint density at radius 3 is 2.17 bits per heavy atom. The Morgan fingerprint density at radius 1 is 1.67 bits per heavy atom. The molecule has 0 spiro atoms. The molecule has 0 aliphatic rings. The molecule has 2 heteroatoms. The Labute approximate surface area is 39.3 Å². The highest BCUT2D eigenvalue weighted by Gasteiger charge is 1.77. The van der Waals surface area contributed by atoms with Crippen molar-refractivity contribution in [2.45, 2.75) is 13.8 Å². The van der Waals surface area contributed by atoms with Crippen molar-refractivity contribution in [2.75, 3.05) is 0 Å². The van der Waals surface area contributed by atoms with Gasteiger partial charge in [0.1, 0.15) is 0 Å². The molecule has 6 heavy (non-hydrogen) atoms. The van der Waals surface area contributed by atoms with E-state index in [-0.39, 0.29) is 8.46 Å². The van der Waals surface area contributed by atoms with Gasteiger partial charge in [-0.05, 0) is 19.4 Å². The molecule has 0 fully saturated rings. The molecule has 1 unspecified atom stereocenters.